The first-order chi connectivity index (χ1) is 16.3. The van der Waals surface area contributed by atoms with Crippen LogP contribution in [0.1, 0.15) is 56.6 Å². The summed E-state index contributed by atoms with van der Waals surface area (Å²) in [6.07, 6.45) is 0.652. The number of allylic oxidation sites excluding steroid dienone is 3. The van der Waals surface area contributed by atoms with E-state index in [0.29, 0.717) is 46.2 Å². The Kier molecular flexibility index (Phi) is 5.86. The maximum atomic E-state index is 13.7. The van der Waals surface area contributed by atoms with Gasteiger partial charge in [-0.2, -0.15) is 0 Å². The zero-order chi connectivity index (χ0) is 24.0. The van der Waals surface area contributed by atoms with Gasteiger partial charge in [-0.05, 0) is 62.4 Å². The lowest BCUT2D eigenvalue weighted by atomic mass is 9.71. The zero-order valence-corrected chi connectivity index (χ0v) is 20.1. The molecule has 0 fully saturated rings. The first-order valence-electron chi connectivity index (χ1n) is 11.4. The summed E-state index contributed by atoms with van der Waals surface area (Å²) in [6, 6.07) is 13.2. The van der Waals surface area contributed by atoms with E-state index in [2.05, 4.69) is 5.32 Å². The number of ether oxygens (including phenoxy) is 3. The molecule has 2 aromatic carbocycles. The summed E-state index contributed by atoms with van der Waals surface area (Å²) in [7, 11) is 0. The fourth-order valence-corrected chi connectivity index (χ4v) is 5.33. The van der Waals surface area contributed by atoms with Crippen LogP contribution in [0.15, 0.2) is 65.0 Å². The molecule has 0 aromatic heterocycles. The van der Waals surface area contributed by atoms with Crippen molar-refractivity contribution in [2.45, 2.75) is 51.6 Å². The average Bonchev–Trinajstić information content (AvgIpc) is 3.25. The SMILES string of the molecule is CC1=C(C(=O)OC(C)C)[C@H](c2ccc3c(c2)OCO3)C2=C(C[C@H](c3ccccc3Cl)CC2=O)N1. The predicted molar refractivity (Wildman–Crippen MR) is 128 cm³/mol. The van der Waals surface area contributed by atoms with Gasteiger partial charge < -0.3 is 19.5 Å². The molecule has 0 radical (unpaired) electrons. The van der Waals surface area contributed by atoms with Gasteiger partial charge in [0.15, 0.2) is 17.3 Å². The minimum Gasteiger partial charge on any atom is -0.460 e. The second-order valence-corrected chi connectivity index (χ2v) is 9.51. The zero-order valence-electron chi connectivity index (χ0n) is 19.3. The van der Waals surface area contributed by atoms with Crippen molar-refractivity contribution in [3.8, 4) is 11.5 Å². The van der Waals surface area contributed by atoms with Gasteiger partial charge in [-0.1, -0.05) is 35.9 Å². The van der Waals surface area contributed by atoms with E-state index < -0.39 is 11.9 Å². The number of nitrogens with one attached hydrogen (secondary N) is 1. The van der Waals surface area contributed by atoms with Crippen molar-refractivity contribution in [3.63, 3.8) is 0 Å². The van der Waals surface area contributed by atoms with Crippen LogP contribution in [0.25, 0.3) is 0 Å². The van der Waals surface area contributed by atoms with Crippen molar-refractivity contribution in [2.24, 2.45) is 0 Å². The van der Waals surface area contributed by atoms with Crippen LogP contribution in [-0.4, -0.2) is 24.6 Å². The number of ketones is 1. The van der Waals surface area contributed by atoms with Crippen LogP contribution in [0.3, 0.4) is 0 Å². The summed E-state index contributed by atoms with van der Waals surface area (Å²) in [5.41, 5.74) is 4.29. The number of esters is 1. The van der Waals surface area contributed by atoms with Crippen molar-refractivity contribution >= 4 is 23.4 Å². The summed E-state index contributed by atoms with van der Waals surface area (Å²) in [6.45, 7) is 5.62. The van der Waals surface area contributed by atoms with Gasteiger partial charge in [0.25, 0.3) is 0 Å². The van der Waals surface area contributed by atoms with Crippen LogP contribution in [0, 0.1) is 0 Å². The number of hydrogen-bond acceptors (Lipinski definition) is 6. The van der Waals surface area contributed by atoms with Crippen LogP contribution in [0.5, 0.6) is 11.5 Å². The smallest absolute Gasteiger partial charge is 0.337 e. The summed E-state index contributed by atoms with van der Waals surface area (Å²) >= 11 is 6.46. The maximum Gasteiger partial charge on any atom is 0.337 e. The normalized spacial score (nSPS) is 21.5. The van der Waals surface area contributed by atoms with E-state index in [0.717, 1.165) is 16.8 Å². The van der Waals surface area contributed by atoms with Crippen LogP contribution in [0.2, 0.25) is 5.02 Å². The van der Waals surface area contributed by atoms with E-state index in [4.69, 9.17) is 25.8 Å². The molecule has 0 saturated heterocycles. The van der Waals surface area contributed by atoms with E-state index >= 15 is 0 Å². The first kappa shape index (κ1) is 22.5. The second kappa shape index (κ2) is 8.84. The molecule has 7 heteroatoms. The minimum atomic E-state index is -0.559. The number of halogens is 1. The Bertz CT molecular complexity index is 1250. The largest absolute Gasteiger partial charge is 0.460 e. The molecule has 2 aliphatic heterocycles. The predicted octanol–water partition coefficient (Wildman–Crippen LogP) is 5.38. The summed E-state index contributed by atoms with van der Waals surface area (Å²) in [4.78, 5) is 26.9. The Morgan fingerprint density at radius 1 is 1.12 bits per heavy atom. The third kappa shape index (κ3) is 3.96. The molecule has 5 rings (SSSR count). The Hall–Kier alpha value is -3.25. The van der Waals surface area contributed by atoms with Gasteiger partial charge in [0.1, 0.15) is 0 Å². The highest BCUT2D eigenvalue weighted by Gasteiger charge is 2.42. The number of carbonyl (C=O) groups is 2. The third-order valence-electron chi connectivity index (χ3n) is 6.47. The van der Waals surface area contributed by atoms with Crippen molar-refractivity contribution in [1.29, 1.82) is 0 Å². The van der Waals surface area contributed by atoms with E-state index in [1.165, 1.54) is 0 Å². The fraction of sp³-hybridized carbons (Fsp3) is 0.333. The Morgan fingerprint density at radius 2 is 1.88 bits per heavy atom. The van der Waals surface area contributed by atoms with Crippen LogP contribution >= 0.6 is 11.6 Å². The Morgan fingerprint density at radius 3 is 2.65 bits per heavy atom. The summed E-state index contributed by atoms with van der Waals surface area (Å²) in [5.74, 6) is 0.203. The van der Waals surface area contributed by atoms with Crippen LogP contribution in [-0.2, 0) is 14.3 Å². The molecule has 3 aliphatic rings. The lowest BCUT2D eigenvalue weighted by molar-refractivity contribution is -0.143. The minimum absolute atomic E-state index is 0.0105. The summed E-state index contributed by atoms with van der Waals surface area (Å²) in [5, 5.41) is 4.02. The van der Waals surface area contributed by atoms with E-state index in [-0.39, 0.29) is 24.6 Å². The van der Waals surface area contributed by atoms with Gasteiger partial charge in [0.05, 0.1) is 11.7 Å². The molecular formula is C27H26ClNO5. The number of fused-ring (bicyclic) bond motifs is 1. The Balaban J connectivity index is 1.60. The molecule has 0 bridgehead atoms. The molecule has 2 atom stereocenters. The Labute approximate surface area is 203 Å². The molecule has 1 N–H and O–H groups in total. The van der Waals surface area contributed by atoms with E-state index in [1.54, 1.807) is 0 Å². The number of hydrogen-bond donors (Lipinski definition) is 1. The lowest BCUT2D eigenvalue weighted by Gasteiger charge is -2.37. The van der Waals surface area contributed by atoms with Crippen molar-refractivity contribution in [2.75, 3.05) is 6.79 Å². The molecular weight excluding hydrogens is 454 g/mol. The number of carbonyl (C=O) groups excluding carboxylic acids is 2. The number of benzene rings is 2. The highest BCUT2D eigenvalue weighted by Crippen LogP contribution is 2.48. The molecule has 0 unspecified atom stereocenters. The second-order valence-electron chi connectivity index (χ2n) is 9.11. The molecule has 6 nitrogen and oxygen atoms in total. The van der Waals surface area contributed by atoms with Gasteiger partial charge >= 0.3 is 5.97 Å². The van der Waals surface area contributed by atoms with Gasteiger partial charge in [-0.25, -0.2) is 4.79 Å². The van der Waals surface area contributed by atoms with Crippen molar-refractivity contribution < 1.29 is 23.8 Å². The quantitative estimate of drug-likeness (QED) is 0.593. The molecule has 1 aliphatic carbocycles. The number of Topliss-reactive ketones (excluding diaryl/α,β-unsaturated/α-hetero) is 1. The molecule has 2 aromatic rings. The molecule has 176 valence electrons. The number of dihydropyridines is 1. The van der Waals surface area contributed by atoms with E-state index in [9.17, 15) is 9.59 Å². The monoisotopic (exact) mass is 479 g/mol. The standard InChI is InChI=1S/C27H26ClNO5/c1-14(2)34-27(31)24-15(3)29-20-10-17(18-6-4-5-7-19(18)28)11-21(30)26(20)25(24)16-8-9-22-23(12-16)33-13-32-22/h4-9,12,14,17,25,29H,10-11,13H2,1-3H3/t17-,25-/m0/s1. The van der Waals surface area contributed by atoms with Gasteiger partial charge in [0.2, 0.25) is 6.79 Å². The van der Waals surface area contributed by atoms with Crippen LogP contribution < -0.4 is 14.8 Å². The van der Waals surface area contributed by atoms with Crippen molar-refractivity contribution in [3.05, 3.63) is 81.2 Å². The maximum absolute atomic E-state index is 13.7. The highest BCUT2D eigenvalue weighted by atomic mass is 35.5. The first-order valence-corrected chi connectivity index (χ1v) is 11.8. The topological polar surface area (TPSA) is 73.9 Å². The number of rotatable bonds is 4. The van der Waals surface area contributed by atoms with Crippen LogP contribution in [0.4, 0.5) is 0 Å². The highest BCUT2D eigenvalue weighted by molar-refractivity contribution is 6.31. The molecule has 0 saturated carbocycles. The van der Waals surface area contributed by atoms with Gasteiger partial charge in [-0.3, -0.25) is 4.79 Å². The van der Waals surface area contributed by atoms with Gasteiger partial charge in [-0.15, -0.1) is 0 Å². The summed E-state index contributed by atoms with van der Waals surface area (Å²) < 4.78 is 16.6. The van der Waals surface area contributed by atoms with E-state index in [1.807, 2.05) is 63.2 Å². The molecule has 0 spiro atoms. The fourth-order valence-electron chi connectivity index (χ4n) is 5.04. The molecule has 0 amide bonds. The molecule has 2 heterocycles. The lowest BCUT2D eigenvalue weighted by Crippen LogP contribution is -2.36. The average molecular weight is 480 g/mol. The van der Waals surface area contributed by atoms with Crippen molar-refractivity contribution in [1.82, 2.24) is 5.32 Å². The van der Waals surface area contributed by atoms with Gasteiger partial charge in [0, 0.05) is 34.3 Å². The third-order valence-corrected chi connectivity index (χ3v) is 6.81. The molecule has 34 heavy (non-hydrogen) atoms.